The van der Waals surface area contributed by atoms with Crippen LogP contribution < -0.4 is 0 Å². The maximum Gasteiger partial charge on any atom is 0.310 e. The molecule has 80 valence electrons. The molecule has 0 aliphatic carbocycles. The van der Waals surface area contributed by atoms with Crippen LogP contribution in [0.3, 0.4) is 0 Å². The molecule has 1 fully saturated rings. The van der Waals surface area contributed by atoms with Crippen molar-refractivity contribution < 1.29 is 14.7 Å². The van der Waals surface area contributed by atoms with Crippen LogP contribution in [-0.4, -0.2) is 40.0 Å². The summed E-state index contributed by atoms with van der Waals surface area (Å²) < 4.78 is 0. The number of nitrogens with zero attached hydrogens (tertiary/aromatic N) is 2. The first-order valence-corrected chi connectivity index (χ1v) is 5.34. The largest absolute Gasteiger partial charge is 0.481 e. The van der Waals surface area contributed by atoms with Gasteiger partial charge in [0.15, 0.2) is 0 Å². The minimum absolute atomic E-state index is 0.113. The molecular weight excluding hydrogens is 216 g/mol. The number of aryl methyl sites for hydroxylation is 1. The van der Waals surface area contributed by atoms with Crippen LogP contribution in [0.2, 0.25) is 0 Å². The number of aliphatic carboxylic acids is 1. The molecule has 15 heavy (non-hydrogen) atoms. The predicted octanol–water partition coefficient (Wildman–Crippen LogP) is 0.608. The summed E-state index contributed by atoms with van der Waals surface area (Å²) >= 11 is 1.33. The van der Waals surface area contributed by atoms with Gasteiger partial charge in [0, 0.05) is 13.1 Å². The van der Waals surface area contributed by atoms with Crippen LogP contribution in [0.4, 0.5) is 0 Å². The van der Waals surface area contributed by atoms with E-state index in [9.17, 15) is 9.59 Å². The van der Waals surface area contributed by atoms with E-state index in [0.29, 0.717) is 18.0 Å². The molecule has 1 aliphatic rings. The molecule has 0 unspecified atom stereocenters. The monoisotopic (exact) mass is 226 g/mol. The van der Waals surface area contributed by atoms with Gasteiger partial charge < -0.3 is 10.0 Å². The molecule has 0 radical (unpaired) electrons. The summed E-state index contributed by atoms with van der Waals surface area (Å²) in [6, 6.07) is 0. The Balaban J connectivity index is 1.97. The number of aromatic nitrogens is 1. The number of hydrogen-bond donors (Lipinski definition) is 1. The number of amides is 1. The van der Waals surface area contributed by atoms with Crippen molar-refractivity contribution in [2.24, 2.45) is 5.92 Å². The molecule has 0 bridgehead atoms. The van der Waals surface area contributed by atoms with Gasteiger partial charge in [-0.05, 0) is 6.92 Å². The number of hydrogen-bond acceptors (Lipinski definition) is 4. The van der Waals surface area contributed by atoms with Crippen molar-refractivity contribution >= 4 is 23.2 Å². The fourth-order valence-electron chi connectivity index (χ4n) is 1.42. The highest BCUT2D eigenvalue weighted by Crippen LogP contribution is 2.21. The van der Waals surface area contributed by atoms with Crippen molar-refractivity contribution in [2.75, 3.05) is 13.1 Å². The van der Waals surface area contributed by atoms with Gasteiger partial charge in [0.05, 0.1) is 17.1 Å². The van der Waals surface area contributed by atoms with Gasteiger partial charge in [0.25, 0.3) is 5.91 Å². The van der Waals surface area contributed by atoms with E-state index in [1.165, 1.54) is 22.4 Å². The topological polar surface area (TPSA) is 70.5 Å². The van der Waals surface area contributed by atoms with E-state index in [1.54, 1.807) is 0 Å². The van der Waals surface area contributed by atoms with Crippen LogP contribution in [0.25, 0.3) is 0 Å². The lowest BCUT2D eigenvalue weighted by Crippen LogP contribution is -2.52. The average Bonchev–Trinajstić information content (AvgIpc) is 2.48. The van der Waals surface area contributed by atoms with Gasteiger partial charge in [0.1, 0.15) is 4.88 Å². The minimum Gasteiger partial charge on any atom is -0.481 e. The Morgan fingerprint density at radius 2 is 2.27 bits per heavy atom. The zero-order valence-corrected chi connectivity index (χ0v) is 8.95. The van der Waals surface area contributed by atoms with Gasteiger partial charge in [-0.2, -0.15) is 0 Å². The molecular formula is C9H10N2O3S. The third-order valence-electron chi connectivity index (χ3n) is 2.35. The lowest BCUT2D eigenvalue weighted by Gasteiger charge is -2.36. The van der Waals surface area contributed by atoms with E-state index in [0.717, 1.165) is 5.01 Å². The third kappa shape index (κ3) is 1.85. The van der Waals surface area contributed by atoms with Crippen LogP contribution in [0, 0.1) is 12.8 Å². The molecule has 1 aliphatic heterocycles. The molecule has 1 aromatic rings. The minimum atomic E-state index is -0.834. The predicted molar refractivity (Wildman–Crippen MR) is 53.9 cm³/mol. The van der Waals surface area contributed by atoms with Gasteiger partial charge in [-0.15, -0.1) is 11.3 Å². The highest BCUT2D eigenvalue weighted by Gasteiger charge is 2.36. The van der Waals surface area contributed by atoms with Crippen molar-refractivity contribution in [3.8, 4) is 0 Å². The van der Waals surface area contributed by atoms with Crippen LogP contribution in [0.15, 0.2) is 6.20 Å². The molecule has 1 aromatic heterocycles. The Morgan fingerprint density at radius 1 is 1.60 bits per heavy atom. The van der Waals surface area contributed by atoms with E-state index in [1.807, 2.05) is 6.92 Å². The fourth-order valence-corrected chi connectivity index (χ4v) is 2.16. The molecule has 1 saturated heterocycles. The molecule has 2 heterocycles. The van der Waals surface area contributed by atoms with E-state index in [2.05, 4.69) is 4.98 Å². The van der Waals surface area contributed by atoms with E-state index in [-0.39, 0.29) is 5.91 Å². The first-order chi connectivity index (χ1) is 7.08. The van der Waals surface area contributed by atoms with Crippen molar-refractivity contribution in [3.63, 3.8) is 0 Å². The highest BCUT2D eigenvalue weighted by molar-refractivity contribution is 7.13. The lowest BCUT2D eigenvalue weighted by atomic mass is 10.0. The summed E-state index contributed by atoms with van der Waals surface area (Å²) in [5, 5.41) is 9.50. The second kappa shape index (κ2) is 3.62. The zero-order valence-electron chi connectivity index (χ0n) is 8.14. The molecule has 1 amide bonds. The maximum absolute atomic E-state index is 11.7. The Morgan fingerprint density at radius 3 is 2.73 bits per heavy atom. The SMILES string of the molecule is Cc1ncc(C(=O)N2CC(C(=O)O)C2)s1. The number of carboxylic acid groups (broad SMARTS) is 1. The number of thiazole rings is 1. The molecule has 6 heteroatoms. The second-order valence-corrected chi connectivity index (χ2v) is 4.72. The summed E-state index contributed by atoms with van der Waals surface area (Å²) in [7, 11) is 0. The van der Waals surface area contributed by atoms with Crippen molar-refractivity contribution in [1.82, 2.24) is 9.88 Å². The lowest BCUT2D eigenvalue weighted by molar-refractivity contribution is -0.146. The number of rotatable bonds is 2. The summed E-state index contributed by atoms with van der Waals surface area (Å²) in [6.45, 7) is 2.45. The summed E-state index contributed by atoms with van der Waals surface area (Å²) in [6.07, 6.45) is 1.54. The highest BCUT2D eigenvalue weighted by atomic mass is 32.1. The Bertz CT molecular complexity index is 409. The van der Waals surface area contributed by atoms with Gasteiger partial charge in [-0.3, -0.25) is 9.59 Å². The van der Waals surface area contributed by atoms with Gasteiger partial charge in [-0.1, -0.05) is 0 Å². The van der Waals surface area contributed by atoms with E-state index >= 15 is 0 Å². The number of carbonyl (C=O) groups is 2. The first kappa shape index (κ1) is 10.1. The zero-order chi connectivity index (χ0) is 11.0. The number of carbonyl (C=O) groups excluding carboxylic acids is 1. The van der Waals surface area contributed by atoms with E-state index in [4.69, 9.17) is 5.11 Å². The van der Waals surface area contributed by atoms with Crippen molar-refractivity contribution in [2.45, 2.75) is 6.92 Å². The standard InChI is InChI=1S/C9H10N2O3S/c1-5-10-2-7(15-5)8(12)11-3-6(4-11)9(13)14/h2,6H,3-4H2,1H3,(H,13,14). The Kier molecular flexibility index (Phi) is 2.44. The Hall–Kier alpha value is -1.43. The van der Waals surface area contributed by atoms with Crippen LogP contribution in [-0.2, 0) is 4.79 Å². The van der Waals surface area contributed by atoms with Crippen LogP contribution >= 0.6 is 11.3 Å². The van der Waals surface area contributed by atoms with Gasteiger partial charge in [0.2, 0.25) is 0 Å². The van der Waals surface area contributed by atoms with Crippen molar-refractivity contribution in [1.29, 1.82) is 0 Å². The Labute approximate surface area is 90.4 Å². The first-order valence-electron chi connectivity index (χ1n) is 4.52. The molecule has 1 N–H and O–H groups in total. The molecule has 5 nitrogen and oxygen atoms in total. The van der Waals surface area contributed by atoms with Gasteiger partial charge >= 0.3 is 5.97 Å². The number of carboxylic acids is 1. The summed E-state index contributed by atoms with van der Waals surface area (Å²) in [4.78, 5) is 28.4. The quantitative estimate of drug-likeness (QED) is 0.802. The maximum atomic E-state index is 11.7. The molecule has 2 rings (SSSR count). The normalized spacial score (nSPS) is 16.2. The smallest absolute Gasteiger partial charge is 0.310 e. The summed E-state index contributed by atoms with van der Waals surface area (Å²) in [5.41, 5.74) is 0. The number of likely N-dealkylation sites (tertiary alicyclic amines) is 1. The van der Waals surface area contributed by atoms with Crippen LogP contribution in [0.5, 0.6) is 0 Å². The average molecular weight is 226 g/mol. The van der Waals surface area contributed by atoms with Crippen molar-refractivity contribution in [3.05, 3.63) is 16.1 Å². The molecule has 0 aromatic carbocycles. The fraction of sp³-hybridized carbons (Fsp3) is 0.444. The van der Waals surface area contributed by atoms with E-state index < -0.39 is 11.9 Å². The second-order valence-electron chi connectivity index (χ2n) is 3.49. The van der Waals surface area contributed by atoms with Crippen LogP contribution in [0.1, 0.15) is 14.7 Å². The summed E-state index contributed by atoms with van der Waals surface area (Å²) in [5.74, 6) is -1.35. The molecule has 0 saturated carbocycles. The third-order valence-corrected chi connectivity index (χ3v) is 3.25. The van der Waals surface area contributed by atoms with Gasteiger partial charge in [-0.25, -0.2) is 4.98 Å². The molecule has 0 atom stereocenters. The molecule has 0 spiro atoms.